The summed E-state index contributed by atoms with van der Waals surface area (Å²) in [5.74, 6) is 0.290. The molecule has 0 heterocycles. The van der Waals surface area contributed by atoms with Gasteiger partial charge in [-0.1, -0.05) is 11.6 Å². The predicted molar refractivity (Wildman–Crippen MR) is 93.4 cm³/mol. The SMILES string of the molecule is COc1ccc(S[C@H](C)C(=O)Nc2ccc(Cl)c(C(F)(F)F)c2)cc1. The first-order valence-electron chi connectivity index (χ1n) is 7.19. The van der Waals surface area contributed by atoms with E-state index in [9.17, 15) is 18.0 Å². The van der Waals surface area contributed by atoms with E-state index in [1.54, 1.807) is 38.3 Å². The highest BCUT2D eigenvalue weighted by molar-refractivity contribution is 8.00. The Morgan fingerprint density at radius 2 is 1.84 bits per heavy atom. The van der Waals surface area contributed by atoms with Crippen molar-refractivity contribution in [2.45, 2.75) is 23.2 Å². The van der Waals surface area contributed by atoms with Gasteiger partial charge in [0.15, 0.2) is 0 Å². The van der Waals surface area contributed by atoms with Gasteiger partial charge in [-0.05, 0) is 49.4 Å². The highest BCUT2D eigenvalue weighted by atomic mass is 35.5. The Kier molecular flexibility index (Phi) is 6.24. The minimum Gasteiger partial charge on any atom is -0.497 e. The van der Waals surface area contributed by atoms with Crippen LogP contribution in [0.2, 0.25) is 5.02 Å². The molecule has 2 aromatic carbocycles. The van der Waals surface area contributed by atoms with E-state index in [1.807, 2.05) is 0 Å². The average molecular weight is 390 g/mol. The molecule has 0 unspecified atom stereocenters. The fourth-order valence-corrected chi connectivity index (χ4v) is 3.07. The van der Waals surface area contributed by atoms with Gasteiger partial charge in [0, 0.05) is 10.6 Å². The van der Waals surface area contributed by atoms with Crippen molar-refractivity contribution in [1.29, 1.82) is 0 Å². The van der Waals surface area contributed by atoms with Crippen LogP contribution in [0.15, 0.2) is 47.4 Å². The van der Waals surface area contributed by atoms with Gasteiger partial charge in [-0.25, -0.2) is 0 Å². The van der Waals surface area contributed by atoms with Crippen molar-refractivity contribution in [2.75, 3.05) is 12.4 Å². The van der Waals surface area contributed by atoms with Gasteiger partial charge in [0.25, 0.3) is 0 Å². The van der Waals surface area contributed by atoms with E-state index in [1.165, 1.54) is 17.8 Å². The van der Waals surface area contributed by atoms with E-state index in [4.69, 9.17) is 16.3 Å². The number of rotatable bonds is 5. The molecule has 0 aromatic heterocycles. The van der Waals surface area contributed by atoms with Gasteiger partial charge in [-0.15, -0.1) is 11.8 Å². The molecule has 0 saturated heterocycles. The lowest BCUT2D eigenvalue weighted by atomic mass is 10.2. The molecule has 2 rings (SSSR count). The van der Waals surface area contributed by atoms with Gasteiger partial charge >= 0.3 is 6.18 Å². The number of halogens is 4. The number of ether oxygens (including phenoxy) is 1. The van der Waals surface area contributed by atoms with E-state index in [2.05, 4.69) is 5.32 Å². The Morgan fingerprint density at radius 3 is 2.40 bits per heavy atom. The highest BCUT2D eigenvalue weighted by Gasteiger charge is 2.33. The molecule has 0 aliphatic carbocycles. The zero-order valence-electron chi connectivity index (χ0n) is 13.4. The molecule has 0 spiro atoms. The second kappa shape index (κ2) is 8.01. The van der Waals surface area contributed by atoms with Crippen LogP contribution >= 0.6 is 23.4 Å². The van der Waals surface area contributed by atoms with Crippen molar-refractivity contribution in [3.63, 3.8) is 0 Å². The molecule has 8 heteroatoms. The summed E-state index contributed by atoms with van der Waals surface area (Å²) in [6.07, 6.45) is -4.58. The quantitative estimate of drug-likeness (QED) is 0.687. The molecule has 134 valence electrons. The molecule has 1 N–H and O–H groups in total. The summed E-state index contributed by atoms with van der Waals surface area (Å²) in [7, 11) is 1.56. The number of hydrogen-bond acceptors (Lipinski definition) is 3. The van der Waals surface area contributed by atoms with Crippen molar-refractivity contribution >= 4 is 35.0 Å². The molecule has 0 aliphatic rings. The van der Waals surface area contributed by atoms with E-state index in [0.29, 0.717) is 5.75 Å². The molecule has 0 saturated carbocycles. The topological polar surface area (TPSA) is 38.3 Å². The molecule has 0 fully saturated rings. The maximum absolute atomic E-state index is 12.9. The summed E-state index contributed by atoms with van der Waals surface area (Å²) in [4.78, 5) is 13.1. The van der Waals surface area contributed by atoms with Crippen LogP contribution in [0.5, 0.6) is 5.75 Å². The molecular formula is C17H15ClF3NO2S. The standard InChI is InChI=1S/C17H15ClF3NO2S/c1-10(25-13-6-4-12(24-2)5-7-13)16(23)22-11-3-8-15(18)14(9-11)17(19,20)21/h3-10H,1-2H3,(H,22,23)/t10-/m1/s1. The number of hydrogen-bond donors (Lipinski definition) is 1. The van der Waals surface area contributed by atoms with Crippen LogP contribution in [0.3, 0.4) is 0 Å². The van der Waals surface area contributed by atoms with Gasteiger partial charge in [0.2, 0.25) is 5.91 Å². The van der Waals surface area contributed by atoms with Crippen LogP contribution in [0.4, 0.5) is 18.9 Å². The van der Waals surface area contributed by atoms with E-state index >= 15 is 0 Å². The van der Waals surface area contributed by atoms with Crippen molar-refractivity contribution in [1.82, 2.24) is 0 Å². The number of thioether (sulfide) groups is 1. The minimum atomic E-state index is -4.58. The van der Waals surface area contributed by atoms with Crippen LogP contribution in [0, 0.1) is 0 Å². The number of benzene rings is 2. The number of amides is 1. The average Bonchev–Trinajstić information content (AvgIpc) is 2.56. The Labute approximate surface area is 152 Å². The Hall–Kier alpha value is -1.86. The molecule has 0 bridgehead atoms. The molecular weight excluding hydrogens is 375 g/mol. The van der Waals surface area contributed by atoms with Gasteiger partial charge in [-0.3, -0.25) is 4.79 Å². The van der Waals surface area contributed by atoms with Gasteiger partial charge in [0.05, 0.1) is 22.9 Å². The Morgan fingerprint density at radius 1 is 1.20 bits per heavy atom. The zero-order valence-corrected chi connectivity index (χ0v) is 14.9. The molecule has 25 heavy (non-hydrogen) atoms. The summed E-state index contributed by atoms with van der Waals surface area (Å²) in [6.45, 7) is 1.67. The largest absolute Gasteiger partial charge is 0.497 e. The van der Waals surface area contributed by atoms with Crippen LogP contribution in [0.25, 0.3) is 0 Å². The number of carbonyl (C=O) groups excluding carboxylic acids is 1. The lowest BCUT2D eigenvalue weighted by molar-refractivity contribution is -0.137. The second-order valence-corrected chi connectivity index (χ2v) is 6.94. The maximum Gasteiger partial charge on any atom is 0.417 e. The number of alkyl halides is 3. The number of carbonyl (C=O) groups is 1. The smallest absolute Gasteiger partial charge is 0.417 e. The van der Waals surface area contributed by atoms with Crippen LogP contribution in [0.1, 0.15) is 12.5 Å². The summed E-state index contributed by atoms with van der Waals surface area (Å²) >= 11 is 6.85. The second-order valence-electron chi connectivity index (χ2n) is 5.12. The lowest BCUT2D eigenvalue weighted by Crippen LogP contribution is -2.22. The molecule has 0 radical (unpaired) electrons. The Balaban J connectivity index is 2.05. The van der Waals surface area contributed by atoms with Crippen LogP contribution in [-0.2, 0) is 11.0 Å². The fourth-order valence-electron chi connectivity index (χ4n) is 1.98. The van der Waals surface area contributed by atoms with Crippen molar-refractivity contribution in [3.05, 3.63) is 53.1 Å². The molecule has 1 amide bonds. The lowest BCUT2D eigenvalue weighted by Gasteiger charge is -2.14. The Bertz CT molecular complexity index is 751. The molecule has 0 aliphatic heterocycles. The highest BCUT2D eigenvalue weighted by Crippen LogP contribution is 2.36. The van der Waals surface area contributed by atoms with Gasteiger partial charge < -0.3 is 10.1 Å². The monoisotopic (exact) mass is 389 g/mol. The third-order valence-corrected chi connectivity index (χ3v) is 4.72. The van der Waals surface area contributed by atoms with Gasteiger partial charge in [0.1, 0.15) is 5.75 Å². The van der Waals surface area contributed by atoms with Crippen LogP contribution < -0.4 is 10.1 Å². The summed E-state index contributed by atoms with van der Waals surface area (Å²) in [6, 6.07) is 10.4. The minimum absolute atomic E-state index is 0.0453. The summed E-state index contributed by atoms with van der Waals surface area (Å²) in [5.41, 5.74) is -0.939. The normalized spacial score (nSPS) is 12.6. The zero-order chi connectivity index (χ0) is 18.6. The maximum atomic E-state index is 12.9. The van der Waals surface area contributed by atoms with Crippen LogP contribution in [-0.4, -0.2) is 18.3 Å². The first kappa shape index (κ1) is 19.5. The van der Waals surface area contributed by atoms with E-state index < -0.39 is 27.9 Å². The third-order valence-electron chi connectivity index (χ3n) is 3.28. The molecule has 2 aromatic rings. The van der Waals surface area contributed by atoms with E-state index in [0.717, 1.165) is 17.0 Å². The fraction of sp³-hybridized carbons (Fsp3) is 0.235. The molecule has 3 nitrogen and oxygen atoms in total. The van der Waals surface area contributed by atoms with Gasteiger partial charge in [-0.2, -0.15) is 13.2 Å². The first-order chi connectivity index (χ1) is 11.7. The first-order valence-corrected chi connectivity index (χ1v) is 8.45. The predicted octanol–water partition coefficient (Wildman–Crippen LogP) is 5.49. The number of anilines is 1. The number of methoxy groups -OCH3 is 1. The summed E-state index contributed by atoms with van der Waals surface area (Å²) in [5, 5.41) is 1.57. The van der Waals surface area contributed by atoms with Crippen molar-refractivity contribution in [2.24, 2.45) is 0 Å². The molecule has 1 atom stereocenters. The summed E-state index contributed by atoms with van der Waals surface area (Å²) < 4.78 is 43.6. The third kappa shape index (κ3) is 5.31. The van der Waals surface area contributed by atoms with Crippen molar-refractivity contribution in [3.8, 4) is 5.75 Å². The van der Waals surface area contributed by atoms with E-state index in [-0.39, 0.29) is 5.69 Å². The number of nitrogens with one attached hydrogen (secondary N) is 1. The van der Waals surface area contributed by atoms with Crippen molar-refractivity contribution < 1.29 is 22.7 Å².